The monoisotopic (exact) mass is 327 g/mol. The van der Waals surface area contributed by atoms with E-state index in [0.717, 1.165) is 10.4 Å². The molecule has 0 atom stereocenters. The van der Waals surface area contributed by atoms with Gasteiger partial charge in [-0.2, -0.15) is 0 Å². The number of nitrogens with zero attached hydrogens (tertiary/aromatic N) is 1. The summed E-state index contributed by atoms with van der Waals surface area (Å²) in [6.07, 6.45) is 1.63. The zero-order valence-corrected chi connectivity index (χ0v) is 13.1. The van der Waals surface area contributed by atoms with Crippen LogP contribution in [0.4, 0.5) is 0 Å². The summed E-state index contributed by atoms with van der Waals surface area (Å²) in [5.74, 6) is 0. The number of nitrogens with two attached hydrogens (primary N) is 1. The molecular weight excluding hydrogens is 314 g/mol. The van der Waals surface area contributed by atoms with Crippen LogP contribution in [0.5, 0.6) is 0 Å². The fraction of sp³-hybridized carbons (Fsp3) is 0.167. The number of thiazole rings is 1. The zero-order valence-electron chi connectivity index (χ0n) is 10.7. The Hall–Kier alpha value is -1.35. The van der Waals surface area contributed by atoms with Crippen LogP contribution in [0.15, 0.2) is 34.8 Å². The lowest BCUT2D eigenvalue weighted by Gasteiger charge is -2.09. The van der Waals surface area contributed by atoms with Gasteiger partial charge in [0.05, 0.1) is 10.4 Å². The number of rotatable bonds is 5. The van der Waals surface area contributed by atoms with Gasteiger partial charge in [0.2, 0.25) is 10.0 Å². The summed E-state index contributed by atoms with van der Waals surface area (Å²) in [5.41, 5.74) is 8.63. The van der Waals surface area contributed by atoms with Crippen molar-refractivity contribution in [3.05, 3.63) is 45.9 Å². The lowest BCUT2D eigenvalue weighted by molar-refractivity contribution is 0.581. The molecule has 0 radical (unpaired) electrons. The first-order valence-corrected chi connectivity index (χ1v) is 8.45. The molecular formula is C12H13N3O2S3. The minimum atomic E-state index is -3.56. The molecule has 1 aromatic heterocycles. The molecule has 0 amide bonds. The van der Waals surface area contributed by atoms with E-state index in [1.54, 1.807) is 30.8 Å². The van der Waals surface area contributed by atoms with E-state index in [1.165, 1.54) is 17.4 Å². The Morgan fingerprint density at radius 3 is 2.80 bits per heavy atom. The van der Waals surface area contributed by atoms with Gasteiger partial charge in [-0.15, -0.1) is 11.3 Å². The average molecular weight is 327 g/mol. The molecule has 0 spiro atoms. The van der Waals surface area contributed by atoms with Crippen molar-refractivity contribution in [1.82, 2.24) is 9.71 Å². The maximum Gasteiger partial charge on any atom is 0.240 e. The Balaban J connectivity index is 2.21. The molecule has 1 heterocycles. The topological polar surface area (TPSA) is 85.1 Å². The fourth-order valence-electron chi connectivity index (χ4n) is 1.66. The lowest BCUT2D eigenvalue weighted by Crippen LogP contribution is -2.23. The van der Waals surface area contributed by atoms with Crippen molar-refractivity contribution >= 4 is 38.6 Å². The van der Waals surface area contributed by atoms with E-state index in [4.69, 9.17) is 18.0 Å². The van der Waals surface area contributed by atoms with Crippen molar-refractivity contribution in [3.8, 4) is 0 Å². The predicted octanol–water partition coefficient (Wildman–Crippen LogP) is 1.56. The molecule has 2 rings (SSSR count). The third kappa shape index (κ3) is 3.40. The molecule has 8 heteroatoms. The van der Waals surface area contributed by atoms with E-state index in [1.807, 2.05) is 0 Å². The van der Waals surface area contributed by atoms with Crippen molar-refractivity contribution in [2.45, 2.75) is 18.4 Å². The molecule has 0 saturated carbocycles. The number of benzene rings is 1. The Bertz CT molecular complexity index is 724. The quantitative estimate of drug-likeness (QED) is 0.814. The van der Waals surface area contributed by atoms with Crippen LogP contribution in [0.25, 0.3) is 0 Å². The van der Waals surface area contributed by atoms with Gasteiger partial charge < -0.3 is 5.73 Å². The highest BCUT2D eigenvalue weighted by molar-refractivity contribution is 7.89. The van der Waals surface area contributed by atoms with Gasteiger partial charge in [-0.1, -0.05) is 18.3 Å². The minimum Gasteiger partial charge on any atom is -0.389 e. The fourth-order valence-corrected chi connectivity index (χ4v) is 3.60. The Kier molecular flexibility index (Phi) is 4.48. The first-order valence-electron chi connectivity index (χ1n) is 5.67. The summed E-state index contributed by atoms with van der Waals surface area (Å²) in [7, 11) is -3.56. The summed E-state index contributed by atoms with van der Waals surface area (Å²) < 4.78 is 26.9. The van der Waals surface area contributed by atoms with Crippen molar-refractivity contribution in [2.75, 3.05) is 0 Å². The molecule has 3 N–H and O–H groups in total. The molecule has 20 heavy (non-hydrogen) atoms. The van der Waals surface area contributed by atoms with E-state index in [9.17, 15) is 8.42 Å². The Labute approximate surface area is 126 Å². The van der Waals surface area contributed by atoms with E-state index >= 15 is 0 Å². The van der Waals surface area contributed by atoms with E-state index in [-0.39, 0.29) is 16.4 Å². The number of hydrogen-bond acceptors (Lipinski definition) is 5. The molecule has 0 bridgehead atoms. The van der Waals surface area contributed by atoms with Crippen LogP contribution in [-0.2, 0) is 16.6 Å². The molecule has 0 saturated heterocycles. The smallest absolute Gasteiger partial charge is 0.240 e. The maximum absolute atomic E-state index is 12.2. The third-order valence-corrected chi connectivity index (χ3v) is 5.09. The van der Waals surface area contributed by atoms with Gasteiger partial charge in [0.15, 0.2) is 0 Å². The largest absolute Gasteiger partial charge is 0.389 e. The van der Waals surface area contributed by atoms with Crippen LogP contribution in [0.2, 0.25) is 0 Å². The standard InChI is InChI=1S/C12H13N3O2S3/c1-8-4-10(2-3-11(8)12(13)18)20(16,17)15-6-9-5-14-7-19-9/h2-5,7,15H,6H2,1H3,(H2,13,18). The number of nitrogens with one attached hydrogen (secondary N) is 1. The molecule has 5 nitrogen and oxygen atoms in total. The van der Waals surface area contributed by atoms with E-state index in [0.29, 0.717) is 5.56 Å². The van der Waals surface area contributed by atoms with E-state index < -0.39 is 10.0 Å². The van der Waals surface area contributed by atoms with Crippen LogP contribution in [0.3, 0.4) is 0 Å². The normalized spacial score (nSPS) is 11.4. The first-order chi connectivity index (χ1) is 9.40. The van der Waals surface area contributed by atoms with Gasteiger partial charge in [0, 0.05) is 23.2 Å². The summed E-state index contributed by atoms with van der Waals surface area (Å²) >= 11 is 6.30. The third-order valence-electron chi connectivity index (χ3n) is 2.69. The maximum atomic E-state index is 12.2. The van der Waals surface area contributed by atoms with Crippen molar-refractivity contribution in [3.63, 3.8) is 0 Å². The molecule has 1 aromatic carbocycles. The van der Waals surface area contributed by atoms with E-state index in [2.05, 4.69) is 9.71 Å². The number of aromatic nitrogens is 1. The number of hydrogen-bond donors (Lipinski definition) is 2. The van der Waals surface area contributed by atoms with Crippen molar-refractivity contribution in [1.29, 1.82) is 0 Å². The molecule has 2 aromatic rings. The molecule has 0 aliphatic carbocycles. The van der Waals surface area contributed by atoms with Gasteiger partial charge in [0.25, 0.3) is 0 Å². The Morgan fingerprint density at radius 2 is 2.25 bits per heavy atom. The number of sulfonamides is 1. The second-order valence-corrected chi connectivity index (χ2v) is 7.31. The highest BCUT2D eigenvalue weighted by atomic mass is 32.2. The van der Waals surface area contributed by atoms with Gasteiger partial charge in [-0.3, -0.25) is 4.98 Å². The molecule has 0 fully saturated rings. The SMILES string of the molecule is Cc1cc(S(=O)(=O)NCc2cncs2)ccc1C(N)=S. The summed E-state index contributed by atoms with van der Waals surface area (Å²) in [5, 5.41) is 0. The second-order valence-electron chi connectivity index (χ2n) is 4.13. The summed E-state index contributed by atoms with van der Waals surface area (Å²) in [6, 6.07) is 4.68. The highest BCUT2D eigenvalue weighted by Crippen LogP contribution is 2.16. The van der Waals surface area contributed by atoms with Gasteiger partial charge >= 0.3 is 0 Å². The van der Waals surface area contributed by atoms with Crippen LogP contribution in [0, 0.1) is 6.92 Å². The van der Waals surface area contributed by atoms with Crippen LogP contribution >= 0.6 is 23.6 Å². The molecule has 0 aliphatic rings. The number of aryl methyl sites for hydroxylation is 1. The van der Waals surface area contributed by atoms with Crippen molar-refractivity contribution in [2.24, 2.45) is 5.73 Å². The van der Waals surface area contributed by atoms with Crippen molar-refractivity contribution < 1.29 is 8.42 Å². The molecule has 0 unspecified atom stereocenters. The first kappa shape index (κ1) is 15.0. The minimum absolute atomic E-state index is 0.194. The summed E-state index contributed by atoms with van der Waals surface area (Å²) in [6.45, 7) is 2.00. The lowest BCUT2D eigenvalue weighted by atomic mass is 10.1. The zero-order chi connectivity index (χ0) is 14.8. The van der Waals surface area contributed by atoms with Crippen LogP contribution < -0.4 is 10.5 Å². The second kappa shape index (κ2) is 5.96. The predicted molar refractivity (Wildman–Crippen MR) is 83.2 cm³/mol. The van der Waals surface area contributed by atoms with Gasteiger partial charge in [0.1, 0.15) is 4.99 Å². The van der Waals surface area contributed by atoms with Crippen LogP contribution in [0.1, 0.15) is 16.0 Å². The average Bonchev–Trinajstić information content (AvgIpc) is 2.89. The van der Waals surface area contributed by atoms with Crippen LogP contribution in [-0.4, -0.2) is 18.4 Å². The molecule has 0 aliphatic heterocycles. The highest BCUT2D eigenvalue weighted by Gasteiger charge is 2.15. The Morgan fingerprint density at radius 1 is 1.50 bits per heavy atom. The van der Waals surface area contributed by atoms with Gasteiger partial charge in [-0.25, -0.2) is 13.1 Å². The summed E-state index contributed by atoms with van der Waals surface area (Å²) in [4.78, 5) is 5.20. The molecule has 106 valence electrons. The van der Waals surface area contributed by atoms with Gasteiger partial charge in [-0.05, 0) is 24.6 Å². The number of thiocarbonyl (C=S) groups is 1.